The first-order valence-corrected chi connectivity index (χ1v) is 8.69. The lowest BCUT2D eigenvalue weighted by Gasteiger charge is -2.40. The summed E-state index contributed by atoms with van der Waals surface area (Å²) in [5.41, 5.74) is 9.50. The average Bonchev–Trinajstić information content (AvgIpc) is 3.16. The van der Waals surface area contributed by atoms with E-state index in [9.17, 15) is 0 Å². The third-order valence-electron chi connectivity index (χ3n) is 5.05. The smallest absolute Gasteiger partial charge is 0.0103 e. The first-order chi connectivity index (χ1) is 9.62. The fourth-order valence-electron chi connectivity index (χ4n) is 3.71. The Morgan fingerprint density at radius 1 is 1.14 bits per heavy atom. The summed E-state index contributed by atoms with van der Waals surface area (Å²) in [5, 5.41) is 0. The van der Waals surface area contributed by atoms with Crippen molar-refractivity contribution in [3.8, 4) is 0 Å². The summed E-state index contributed by atoms with van der Waals surface area (Å²) in [6.45, 7) is 19.8. The van der Waals surface area contributed by atoms with Gasteiger partial charge in [-0.1, -0.05) is 45.4 Å². The van der Waals surface area contributed by atoms with Crippen LogP contribution in [0.25, 0.3) is 0 Å². The van der Waals surface area contributed by atoms with Crippen molar-refractivity contribution in [2.24, 2.45) is 28.9 Å². The summed E-state index contributed by atoms with van der Waals surface area (Å²) in [6.07, 6.45) is 7.21. The first kappa shape index (κ1) is 18.5. The largest absolute Gasteiger partial charge is 0.327 e. The molecule has 1 rings (SSSR count). The van der Waals surface area contributed by atoms with Gasteiger partial charge < -0.3 is 5.73 Å². The van der Waals surface area contributed by atoms with E-state index in [1.54, 1.807) is 0 Å². The maximum atomic E-state index is 6.58. The summed E-state index contributed by atoms with van der Waals surface area (Å²) in [6, 6.07) is 0.378. The molecule has 0 saturated heterocycles. The van der Waals surface area contributed by atoms with Gasteiger partial charge in [-0.3, -0.25) is 0 Å². The van der Waals surface area contributed by atoms with Crippen molar-refractivity contribution >= 4 is 0 Å². The van der Waals surface area contributed by atoms with Crippen LogP contribution in [0.5, 0.6) is 0 Å². The summed E-state index contributed by atoms with van der Waals surface area (Å²) >= 11 is 0. The van der Waals surface area contributed by atoms with Crippen LogP contribution in [0.4, 0.5) is 0 Å². The van der Waals surface area contributed by atoms with Crippen molar-refractivity contribution in [1.29, 1.82) is 0 Å². The first-order valence-electron chi connectivity index (χ1n) is 8.69. The zero-order chi connectivity index (χ0) is 16.2. The second-order valence-electron chi connectivity index (χ2n) is 8.53. The van der Waals surface area contributed by atoms with Gasteiger partial charge in [-0.25, -0.2) is 0 Å². The van der Waals surface area contributed by atoms with Gasteiger partial charge in [-0.2, -0.15) is 0 Å². The van der Waals surface area contributed by atoms with Crippen LogP contribution in [0.1, 0.15) is 73.1 Å². The fourth-order valence-corrected chi connectivity index (χ4v) is 3.71. The summed E-state index contributed by atoms with van der Waals surface area (Å²) in [5.74, 6) is 2.06. The number of hydrogen-bond acceptors (Lipinski definition) is 1. The lowest BCUT2D eigenvalue weighted by molar-refractivity contribution is 0.119. The zero-order valence-electron chi connectivity index (χ0n) is 15.0. The Morgan fingerprint density at radius 3 is 2.14 bits per heavy atom. The normalized spacial score (nSPS) is 19.9. The van der Waals surface area contributed by atoms with E-state index in [2.05, 4.69) is 47.8 Å². The molecule has 3 unspecified atom stereocenters. The second-order valence-corrected chi connectivity index (χ2v) is 8.53. The van der Waals surface area contributed by atoms with Crippen LogP contribution in [-0.2, 0) is 0 Å². The molecule has 0 aromatic carbocycles. The number of rotatable bonds is 9. The van der Waals surface area contributed by atoms with Crippen molar-refractivity contribution in [1.82, 2.24) is 0 Å². The van der Waals surface area contributed by atoms with Crippen molar-refractivity contribution < 1.29 is 0 Å². The second kappa shape index (κ2) is 7.63. The average molecular weight is 292 g/mol. The van der Waals surface area contributed by atoms with Gasteiger partial charge in [0.25, 0.3) is 0 Å². The van der Waals surface area contributed by atoms with E-state index in [0.717, 1.165) is 25.2 Å². The molecule has 0 amide bonds. The summed E-state index contributed by atoms with van der Waals surface area (Å²) < 4.78 is 0. The van der Waals surface area contributed by atoms with E-state index in [1.165, 1.54) is 30.4 Å². The minimum atomic E-state index is 0.292. The van der Waals surface area contributed by atoms with Crippen LogP contribution in [-0.4, -0.2) is 6.04 Å². The molecular formula is C20H37N. The molecule has 0 spiro atoms. The summed E-state index contributed by atoms with van der Waals surface area (Å²) in [7, 11) is 0. The van der Waals surface area contributed by atoms with Crippen LogP contribution in [0.2, 0.25) is 0 Å². The maximum Gasteiger partial charge on any atom is 0.0103 e. The zero-order valence-corrected chi connectivity index (χ0v) is 15.0. The van der Waals surface area contributed by atoms with E-state index in [0.29, 0.717) is 23.3 Å². The van der Waals surface area contributed by atoms with E-state index in [-0.39, 0.29) is 0 Å². The predicted octanol–water partition coefficient (Wildman–Crippen LogP) is 5.71. The number of nitrogens with two attached hydrogens (primary N) is 1. The Kier molecular flexibility index (Phi) is 6.71. The highest BCUT2D eigenvalue weighted by Crippen LogP contribution is 2.44. The molecule has 1 aliphatic carbocycles. The highest BCUT2D eigenvalue weighted by Gasteiger charge is 2.41. The topological polar surface area (TPSA) is 26.0 Å². The van der Waals surface area contributed by atoms with E-state index >= 15 is 0 Å². The van der Waals surface area contributed by atoms with E-state index < -0.39 is 0 Å². The van der Waals surface area contributed by atoms with Crippen LogP contribution in [0.3, 0.4) is 0 Å². The minimum Gasteiger partial charge on any atom is -0.327 e. The van der Waals surface area contributed by atoms with Crippen molar-refractivity contribution in [3.05, 3.63) is 24.3 Å². The van der Waals surface area contributed by atoms with Crippen molar-refractivity contribution in [2.45, 2.75) is 79.2 Å². The SMILES string of the molecule is C=C(C)CCC(=C)CCC(C)C(C(N)C1CC1)C(C)(C)C. The van der Waals surface area contributed by atoms with E-state index in [4.69, 9.17) is 5.73 Å². The number of hydrogen-bond donors (Lipinski definition) is 1. The van der Waals surface area contributed by atoms with Gasteiger partial charge in [0.05, 0.1) is 0 Å². The predicted molar refractivity (Wildman–Crippen MR) is 95.2 cm³/mol. The third-order valence-corrected chi connectivity index (χ3v) is 5.05. The standard InChI is InChI=1S/C20H37N/c1-14(2)8-9-15(3)10-11-16(4)18(20(5,6)7)19(21)17-12-13-17/h16-19H,1,3,8-13,21H2,2,4-7H3. The lowest BCUT2D eigenvalue weighted by Crippen LogP contribution is -2.43. The molecule has 1 heteroatoms. The molecule has 0 radical (unpaired) electrons. The molecule has 0 aliphatic heterocycles. The highest BCUT2D eigenvalue weighted by atomic mass is 14.7. The van der Waals surface area contributed by atoms with Crippen LogP contribution in [0, 0.1) is 23.2 Å². The molecule has 1 nitrogen and oxygen atoms in total. The molecule has 0 bridgehead atoms. The minimum absolute atomic E-state index is 0.292. The molecule has 1 saturated carbocycles. The molecular weight excluding hydrogens is 254 g/mol. The van der Waals surface area contributed by atoms with E-state index in [1.807, 2.05) is 0 Å². The Morgan fingerprint density at radius 2 is 1.71 bits per heavy atom. The molecule has 1 fully saturated rings. The Labute approximate surface area is 133 Å². The Hall–Kier alpha value is -0.560. The van der Waals surface area contributed by atoms with Gasteiger partial charge in [0.2, 0.25) is 0 Å². The van der Waals surface area contributed by atoms with Gasteiger partial charge in [-0.05, 0) is 68.6 Å². The maximum absolute atomic E-state index is 6.58. The van der Waals surface area contributed by atoms with Crippen molar-refractivity contribution in [3.63, 3.8) is 0 Å². The molecule has 0 heterocycles. The van der Waals surface area contributed by atoms with Gasteiger partial charge in [-0.15, -0.1) is 6.58 Å². The van der Waals surface area contributed by atoms with Gasteiger partial charge in [0, 0.05) is 6.04 Å². The monoisotopic (exact) mass is 291 g/mol. The van der Waals surface area contributed by atoms with Crippen LogP contribution in [0.15, 0.2) is 24.3 Å². The summed E-state index contributed by atoms with van der Waals surface area (Å²) in [4.78, 5) is 0. The molecule has 0 aromatic rings. The Bertz CT molecular complexity index is 357. The fraction of sp³-hybridized carbons (Fsp3) is 0.800. The lowest BCUT2D eigenvalue weighted by atomic mass is 9.67. The molecule has 122 valence electrons. The third kappa shape index (κ3) is 6.38. The van der Waals surface area contributed by atoms with Crippen LogP contribution < -0.4 is 5.73 Å². The quantitative estimate of drug-likeness (QED) is 0.541. The van der Waals surface area contributed by atoms with Crippen LogP contribution >= 0.6 is 0 Å². The molecule has 0 aromatic heterocycles. The molecule has 21 heavy (non-hydrogen) atoms. The van der Waals surface area contributed by atoms with Gasteiger partial charge >= 0.3 is 0 Å². The molecule has 3 atom stereocenters. The van der Waals surface area contributed by atoms with Gasteiger partial charge in [0.1, 0.15) is 0 Å². The van der Waals surface area contributed by atoms with Crippen molar-refractivity contribution in [2.75, 3.05) is 0 Å². The Balaban J connectivity index is 2.50. The molecule has 2 N–H and O–H groups in total. The highest BCUT2D eigenvalue weighted by molar-refractivity contribution is 5.01. The number of allylic oxidation sites excluding steroid dienone is 2. The van der Waals surface area contributed by atoms with Gasteiger partial charge in [0.15, 0.2) is 0 Å². The molecule has 1 aliphatic rings.